The summed E-state index contributed by atoms with van der Waals surface area (Å²) in [6, 6.07) is 7.55. The Bertz CT molecular complexity index is 1170. The van der Waals surface area contributed by atoms with Gasteiger partial charge in [0, 0.05) is 30.1 Å². The molecule has 3 N–H and O–H groups in total. The van der Waals surface area contributed by atoms with E-state index in [1.807, 2.05) is 25.1 Å². The second-order valence-corrected chi connectivity index (χ2v) is 8.93. The predicted octanol–water partition coefficient (Wildman–Crippen LogP) is 4.07. The molecule has 5 rings (SSSR count). The summed E-state index contributed by atoms with van der Waals surface area (Å²) in [7, 11) is 0. The Hall–Kier alpha value is -3.59. The van der Waals surface area contributed by atoms with E-state index in [1.54, 1.807) is 49.4 Å². The Morgan fingerprint density at radius 2 is 1.85 bits per heavy atom. The van der Waals surface area contributed by atoms with Gasteiger partial charge in [-0.3, -0.25) is 9.67 Å². The Balaban J connectivity index is 0.000000799. The fraction of sp³-hybridized carbons (Fsp3) is 0.375. The van der Waals surface area contributed by atoms with Crippen molar-refractivity contribution >= 4 is 5.82 Å². The van der Waals surface area contributed by atoms with Crippen molar-refractivity contribution in [2.24, 2.45) is 0 Å². The summed E-state index contributed by atoms with van der Waals surface area (Å²) < 4.78 is 7.07. The molecule has 172 valence electrons. The van der Waals surface area contributed by atoms with Crippen LogP contribution in [-0.2, 0) is 6.54 Å². The van der Waals surface area contributed by atoms with E-state index in [0.717, 1.165) is 16.8 Å². The normalized spacial score (nSPS) is 13.8. The third-order valence-corrected chi connectivity index (χ3v) is 4.98. The first-order valence-corrected chi connectivity index (χ1v) is 11.1. The summed E-state index contributed by atoms with van der Waals surface area (Å²) in [5.74, 6) is 1.32. The lowest BCUT2D eigenvalue weighted by atomic mass is 10.0. The number of nitrogens with two attached hydrogens (primary N) is 1. The molecule has 0 amide bonds. The Morgan fingerprint density at radius 1 is 1.06 bits per heavy atom. The van der Waals surface area contributed by atoms with Crippen molar-refractivity contribution in [3.63, 3.8) is 0 Å². The summed E-state index contributed by atoms with van der Waals surface area (Å²) in [4.78, 5) is 13.1. The molecule has 4 aromatic heterocycles. The molecule has 1 unspecified atom stereocenters. The van der Waals surface area contributed by atoms with Gasteiger partial charge in [-0.2, -0.15) is 10.1 Å². The summed E-state index contributed by atoms with van der Waals surface area (Å²) >= 11 is 0. The molecule has 0 radical (unpaired) electrons. The van der Waals surface area contributed by atoms with Gasteiger partial charge < -0.3 is 15.4 Å². The lowest BCUT2D eigenvalue weighted by molar-refractivity contribution is 0.0577. The number of aliphatic hydroxyl groups is 1. The maximum Gasteiger partial charge on any atom is 0.261 e. The molecule has 0 saturated heterocycles. The van der Waals surface area contributed by atoms with E-state index in [9.17, 15) is 5.11 Å². The van der Waals surface area contributed by atoms with Crippen LogP contribution < -0.4 is 5.73 Å². The third kappa shape index (κ3) is 6.23. The second-order valence-electron chi connectivity index (χ2n) is 8.93. The minimum Gasteiger partial charge on any atom is -0.389 e. The standard InChI is InChI=1S/C21H23N7O2.C3H6/c1-13(14-4-6-17(23-8-14)15-5-7-18(22)24-9-15)19-26-20(30-27-19)16-10-25-28(11-16)12-21(2,3)29;1-2-3-1/h4-11,13,29H,12H2,1-3H3,(H2,22,24);1-3H2. The average molecular weight is 448 g/mol. The number of hydrogen-bond donors (Lipinski definition) is 2. The fourth-order valence-electron chi connectivity index (χ4n) is 3.02. The molecule has 1 saturated carbocycles. The number of hydrogen-bond acceptors (Lipinski definition) is 8. The molecule has 0 spiro atoms. The molecule has 1 atom stereocenters. The van der Waals surface area contributed by atoms with Crippen LogP contribution in [0, 0.1) is 0 Å². The number of rotatable bonds is 6. The van der Waals surface area contributed by atoms with Crippen LogP contribution in [0.15, 0.2) is 53.6 Å². The van der Waals surface area contributed by atoms with Crippen molar-refractivity contribution < 1.29 is 9.63 Å². The van der Waals surface area contributed by atoms with E-state index >= 15 is 0 Å². The van der Waals surface area contributed by atoms with E-state index in [1.165, 1.54) is 19.3 Å². The molecule has 4 heterocycles. The fourth-order valence-corrected chi connectivity index (χ4v) is 3.02. The van der Waals surface area contributed by atoms with Crippen LogP contribution in [0.1, 0.15) is 57.3 Å². The zero-order valence-corrected chi connectivity index (χ0v) is 19.1. The number of anilines is 1. The molecule has 4 aromatic rings. The molecular weight excluding hydrogens is 418 g/mol. The summed E-state index contributed by atoms with van der Waals surface area (Å²) in [6.07, 6.45) is 11.4. The van der Waals surface area contributed by atoms with Gasteiger partial charge in [0.05, 0.1) is 29.6 Å². The van der Waals surface area contributed by atoms with Crippen LogP contribution in [0.25, 0.3) is 22.7 Å². The van der Waals surface area contributed by atoms with Gasteiger partial charge in [-0.05, 0) is 37.6 Å². The molecule has 0 aromatic carbocycles. The summed E-state index contributed by atoms with van der Waals surface area (Å²) in [5, 5.41) is 18.3. The quantitative estimate of drug-likeness (QED) is 0.453. The first-order valence-electron chi connectivity index (χ1n) is 11.1. The molecule has 1 aliphatic carbocycles. The van der Waals surface area contributed by atoms with Gasteiger partial charge in [0.15, 0.2) is 5.82 Å². The van der Waals surface area contributed by atoms with E-state index in [2.05, 4.69) is 25.2 Å². The predicted molar refractivity (Wildman–Crippen MR) is 125 cm³/mol. The van der Waals surface area contributed by atoms with Crippen molar-refractivity contribution in [2.45, 2.75) is 58.1 Å². The highest BCUT2D eigenvalue weighted by Gasteiger charge is 2.19. The van der Waals surface area contributed by atoms with Crippen LogP contribution in [0.4, 0.5) is 5.82 Å². The van der Waals surface area contributed by atoms with Gasteiger partial charge >= 0.3 is 0 Å². The van der Waals surface area contributed by atoms with Crippen molar-refractivity contribution in [1.82, 2.24) is 29.9 Å². The molecule has 0 aliphatic heterocycles. The van der Waals surface area contributed by atoms with Gasteiger partial charge in [-0.15, -0.1) is 0 Å². The van der Waals surface area contributed by atoms with Gasteiger partial charge in [-0.25, -0.2) is 4.98 Å². The largest absolute Gasteiger partial charge is 0.389 e. The third-order valence-electron chi connectivity index (χ3n) is 4.98. The highest BCUT2D eigenvalue weighted by Crippen LogP contribution is 2.26. The summed E-state index contributed by atoms with van der Waals surface area (Å²) in [5.41, 5.74) is 8.15. The first kappa shape index (κ1) is 22.6. The van der Waals surface area contributed by atoms with Crippen LogP contribution in [0.3, 0.4) is 0 Å². The molecule has 9 heteroatoms. The number of nitrogen functional groups attached to an aromatic ring is 1. The Labute approximate surface area is 192 Å². The molecule has 9 nitrogen and oxygen atoms in total. The number of pyridine rings is 2. The SMILES string of the molecule is C1CC1.CC(c1ccc(-c2ccc(N)nc2)nc1)c1noc(-c2cnn(CC(C)(C)O)c2)n1. The zero-order valence-electron chi connectivity index (χ0n) is 19.1. The van der Waals surface area contributed by atoms with E-state index in [0.29, 0.717) is 29.6 Å². The maximum absolute atomic E-state index is 9.93. The van der Waals surface area contributed by atoms with E-state index in [4.69, 9.17) is 10.3 Å². The van der Waals surface area contributed by atoms with Crippen LogP contribution in [-0.4, -0.2) is 40.6 Å². The van der Waals surface area contributed by atoms with Gasteiger partial charge in [0.2, 0.25) is 0 Å². The minimum absolute atomic E-state index is 0.0972. The van der Waals surface area contributed by atoms with Crippen LogP contribution >= 0.6 is 0 Å². The smallest absolute Gasteiger partial charge is 0.261 e. The van der Waals surface area contributed by atoms with E-state index in [-0.39, 0.29) is 5.92 Å². The van der Waals surface area contributed by atoms with Crippen LogP contribution in [0.2, 0.25) is 0 Å². The van der Waals surface area contributed by atoms with Crippen molar-refractivity contribution in [3.8, 4) is 22.7 Å². The lowest BCUT2D eigenvalue weighted by Crippen LogP contribution is -2.26. The molecule has 1 fully saturated rings. The van der Waals surface area contributed by atoms with Gasteiger partial charge in [0.25, 0.3) is 5.89 Å². The number of aromatic nitrogens is 6. The topological polar surface area (TPSA) is 129 Å². The van der Waals surface area contributed by atoms with Crippen molar-refractivity contribution in [2.75, 3.05) is 5.73 Å². The highest BCUT2D eigenvalue weighted by atomic mass is 16.5. The lowest BCUT2D eigenvalue weighted by Gasteiger charge is -2.16. The minimum atomic E-state index is -0.862. The first-order chi connectivity index (χ1) is 15.8. The van der Waals surface area contributed by atoms with E-state index < -0.39 is 5.60 Å². The number of nitrogens with zero attached hydrogens (tertiary/aromatic N) is 6. The van der Waals surface area contributed by atoms with Crippen LogP contribution in [0.5, 0.6) is 0 Å². The molecule has 0 bridgehead atoms. The molecular formula is C24H29N7O2. The van der Waals surface area contributed by atoms with Gasteiger partial charge in [-0.1, -0.05) is 37.4 Å². The Kier molecular flexibility index (Phi) is 6.50. The highest BCUT2D eigenvalue weighted by molar-refractivity contribution is 5.59. The monoisotopic (exact) mass is 447 g/mol. The molecule has 1 aliphatic rings. The molecule has 33 heavy (non-hydrogen) atoms. The zero-order chi connectivity index (χ0) is 23.4. The van der Waals surface area contributed by atoms with Crippen molar-refractivity contribution in [3.05, 3.63) is 60.4 Å². The second kappa shape index (κ2) is 9.50. The van der Waals surface area contributed by atoms with Crippen molar-refractivity contribution in [1.29, 1.82) is 0 Å². The summed E-state index contributed by atoms with van der Waals surface area (Å²) in [6.45, 7) is 5.81. The average Bonchev–Trinajstić information content (AvgIpc) is 3.47. The maximum atomic E-state index is 9.93. The Morgan fingerprint density at radius 3 is 2.45 bits per heavy atom. The van der Waals surface area contributed by atoms with Gasteiger partial charge in [0.1, 0.15) is 5.82 Å².